The predicted molar refractivity (Wildman–Crippen MR) is 120 cm³/mol. The molecule has 1 aromatic heterocycles. The lowest BCUT2D eigenvalue weighted by molar-refractivity contribution is 0.103. The number of benzene rings is 2. The van der Waals surface area contributed by atoms with Crippen LogP contribution in [0.2, 0.25) is 0 Å². The van der Waals surface area contributed by atoms with E-state index < -0.39 is 27.3 Å². The minimum atomic E-state index is -2.94. The molecular weight excluding hydrogens is 450 g/mol. The Balaban J connectivity index is 1.50. The molecule has 10 heteroatoms. The summed E-state index contributed by atoms with van der Waals surface area (Å²) in [6.07, 6.45) is 1.24. The van der Waals surface area contributed by atoms with E-state index in [9.17, 15) is 22.0 Å². The van der Waals surface area contributed by atoms with Crippen molar-refractivity contribution in [2.24, 2.45) is 0 Å². The van der Waals surface area contributed by atoms with Gasteiger partial charge in [0.15, 0.2) is 21.4 Å². The summed E-state index contributed by atoms with van der Waals surface area (Å²) < 4.78 is 51.3. The number of nitrogen functional groups attached to an aromatic ring is 1. The van der Waals surface area contributed by atoms with Gasteiger partial charge in [0.1, 0.15) is 17.3 Å². The molecular formula is C23H20F2N4O3S. The van der Waals surface area contributed by atoms with Crippen LogP contribution in [0.5, 0.6) is 0 Å². The SMILES string of the molecule is Nc1c(C(=O)c2cccc(C#CCN3CCS(=O)(=O)CC3)c2)cnn1-c1ccc(F)cc1F. The molecule has 1 aliphatic rings. The van der Waals surface area contributed by atoms with Crippen molar-refractivity contribution < 1.29 is 22.0 Å². The summed E-state index contributed by atoms with van der Waals surface area (Å²) >= 11 is 0. The van der Waals surface area contributed by atoms with E-state index in [2.05, 4.69) is 16.9 Å². The Morgan fingerprint density at radius 1 is 1.12 bits per heavy atom. The van der Waals surface area contributed by atoms with E-state index in [0.29, 0.717) is 36.8 Å². The third-order valence-corrected chi connectivity index (χ3v) is 6.90. The van der Waals surface area contributed by atoms with Crippen LogP contribution in [0.4, 0.5) is 14.6 Å². The van der Waals surface area contributed by atoms with Crippen molar-refractivity contribution in [3.8, 4) is 17.5 Å². The average Bonchev–Trinajstić information content (AvgIpc) is 3.15. The van der Waals surface area contributed by atoms with Gasteiger partial charge in [-0.25, -0.2) is 21.9 Å². The average molecular weight is 471 g/mol. The van der Waals surface area contributed by atoms with Gasteiger partial charge in [0.25, 0.3) is 0 Å². The third kappa shape index (κ3) is 5.10. The summed E-state index contributed by atoms with van der Waals surface area (Å²) in [7, 11) is -2.94. The second kappa shape index (κ2) is 9.13. The number of nitrogens with two attached hydrogens (primary N) is 1. The predicted octanol–water partition coefficient (Wildman–Crippen LogP) is 2.05. The first-order valence-corrected chi connectivity index (χ1v) is 11.9. The number of halogens is 2. The monoisotopic (exact) mass is 470 g/mol. The molecule has 0 saturated carbocycles. The highest BCUT2D eigenvalue weighted by Crippen LogP contribution is 2.23. The van der Waals surface area contributed by atoms with Crippen molar-refractivity contribution in [2.75, 3.05) is 36.9 Å². The fourth-order valence-corrected chi connectivity index (χ4v) is 4.71. The lowest BCUT2D eigenvalue weighted by Crippen LogP contribution is -2.40. The topological polar surface area (TPSA) is 98.3 Å². The smallest absolute Gasteiger partial charge is 0.198 e. The van der Waals surface area contributed by atoms with Gasteiger partial charge in [-0.2, -0.15) is 5.10 Å². The van der Waals surface area contributed by atoms with Crippen LogP contribution in [0, 0.1) is 23.5 Å². The Hall–Kier alpha value is -3.55. The summed E-state index contributed by atoms with van der Waals surface area (Å²) in [5.41, 5.74) is 7.00. The van der Waals surface area contributed by atoms with Gasteiger partial charge >= 0.3 is 0 Å². The van der Waals surface area contributed by atoms with Crippen molar-refractivity contribution >= 4 is 21.4 Å². The number of carbonyl (C=O) groups excluding carboxylic acids is 1. The molecule has 0 aliphatic carbocycles. The molecule has 2 N–H and O–H groups in total. The van der Waals surface area contributed by atoms with Gasteiger partial charge in [-0.1, -0.05) is 24.0 Å². The van der Waals surface area contributed by atoms with Crippen LogP contribution in [-0.4, -0.2) is 60.0 Å². The number of aromatic nitrogens is 2. The Bertz CT molecular complexity index is 1380. The van der Waals surface area contributed by atoms with Gasteiger partial charge in [0, 0.05) is 30.3 Å². The maximum atomic E-state index is 14.1. The number of hydrogen-bond acceptors (Lipinski definition) is 6. The summed E-state index contributed by atoms with van der Waals surface area (Å²) in [6.45, 7) is 1.33. The molecule has 170 valence electrons. The zero-order valence-corrected chi connectivity index (χ0v) is 18.3. The van der Waals surface area contributed by atoms with E-state index in [1.165, 1.54) is 12.3 Å². The van der Waals surface area contributed by atoms with Crippen LogP contribution in [0.15, 0.2) is 48.7 Å². The first-order valence-electron chi connectivity index (χ1n) is 10.1. The number of nitrogens with zero attached hydrogens (tertiary/aromatic N) is 3. The zero-order chi connectivity index (χ0) is 23.6. The van der Waals surface area contributed by atoms with Crippen LogP contribution in [0.1, 0.15) is 21.5 Å². The molecule has 0 spiro atoms. The van der Waals surface area contributed by atoms with E-state index in [0.717, 1.165) is 10.7 Å². The fourth-order valence-electron chi connectivity index (χ4n) is 3.43. The quantitative estimate of drug-likeness (QED) is 0.463. The molecule has 0 atom stereocenters. The highest BCUT2D eigenvalue weighted by Gasteiger charge is 2.21. The van der Waals surface area contributed by atoms with Crippen LogP contribution >= 0.6 is 0 Å². The second-order valence-corrected chi connectivity index (χ2v) is 9.89. The maximum Gasteiger partial charge on any atom is 0.198 e. The van der Waals surface area contributed by atoms with Gasteiger partial charge in [0.2, 0.25) is 0 Å². The fraction of sp³-hybridized carbons (Fsp3) is 0.217. The molecule has 33 heavy (non-hydrogen) atoms. The lowest BCUT2D eigenvalue weighted by Gasteiger charge is -2.24. The number of ketones is 1. The minimum absolute atomic E-state index is 0.0675. The maximum absolute atomic E-state index is 14.1. The molecule has 4 rings (SSSR count). The van der Waals surface area contributed by atoms with Gasteiger partial charge in [-0.05, 0) is 24.3 Å². The molecule has 0 bridgehead atoms. The van der Waals surface area contributed by atoms with Crippen LogP contribution < -0.4 is 5.73 Å². The van der Waals surface area contributed by atoms with E-state index in [1.807, 2.05) is 4.90 Å². The van der Waals surface area contributed by atoms with E-state index in [4.69, 9.17) is 5.73 Å². The summed E-state index contributed by atoms with van der Waals surface area (Å²) in [5, 5.41) is 3.99. The molecule has 1 saturated heterocycles. The molecule has 0 unspecified atom stereocenters. The number of hydrogen-bond donors (Lipinski definition) is 1. The summed E-state index contributed by atoms with van der Waals surface area (Å²) in [4.78, 5) is 14.9. The van der Waals surface area contributed by atoms with Gasteiger partial charge < -0.3 is 5.73 Å². The van der Waals surface area contributed by atoms with Crippen molar-refractivity contribution in [1.29, 1.82) is 0 Å². The van der Waals surface area contributed by atoms with Crippen molar-refractivity contribution in [3.05, 3.63) is 77.0 Å². The number of rotatable bonds is 4. The molecule has 1 aliphatic heterocycles. The summed E-state index contributed by atoms with van der Waals surface area (Å²) in [5.74, 6) is 4.20. The molecule has 7 nitrogen and oxygen atoms in total. The molecule has 3 aromatic rings. The standard InChI is InChI=1S/C23H20F2N4O3S/c24-18-6-7-21(20(25)14-18)29-23(26)19(15-27-29)22(30)17-5-1-3-16(13-17)4-2-8-28-9-11-33(31,32)12-10-28/h1,3,5-7,13-15H,8-12,26H2. The molecule has 2 heterocycles. The molecule has 1 fully saturated rings. The number of sulfone groups is 1. The highest BCUT2D eigenvalue weighted by molar-refractivity contribution is 7.91. The Kier molecular flexibility index (Phi) is 6.26. The normalized spacial score (nSPS) is 15.6. The second-order valence-electron chi connectivity index (χ2n) is 7.59. The van der Waals surface area contributed by atoms with Gasteiger partial charge in [0.05, 0.1) is 29.8 Å². The van der Waals surface area contributed by atoms with E-state index >= 15 is 0 Å². The Morgan fingerprint density at radius 2 is 1.88 bits per heavy atom. The lowest BCUT2D eigenvalue weighted by atomic mass is 10.0. The Morgan fingerprint density at radius 3 is 2.61 bits per heavy atom. The minimum Gasteiger partial charge on any atom is -0.383 e. The largest absolute Gasteiger partial charge is 0.383 e. The molecule has 0 amide bonds. The Labute approximate surface area is 189 Å². The van der Waals surface area contributed by atoms with Crippen LogP contribution in [-0.2, 0) is 9.84 Å². The van der Waals surface area contributed by atoms with Crippen LogP contribution in [0.25, 0.3) is 5.69 Å². The first-order chi connectivity index (χ1) is 15.7. The highest BCUT2D eigenvalue weighted by atomic mass is 32.2. The number of carbonyl (C=O) groups is 1. The van der Waals surface area contributed by atoms with Gasteiger partial charge in [-0.15, -0.1) is 0 Å². The van der Waals surface area contributed by atoms with Crippen LogP contribution in [0.3, 0.4) is 0 Å². The first kappa shape index (κ1) is 22.6. The van der Waals surface area contributed by atoms with Crippen molar-refractivity contribution in [3.63, 3.8) is 0 Å². The molecule has 2 aromatic carbocycles. The van der Waals surface area contributed by atoms with E-state index in [1.54, 1.807) is 24.3 Å². The van der Waals surface area contributed by atoms with Gasteiger partial charge in [-0.3, -0.25) is 9.69 Å². The van der Waals surface area contributed by atoms with Crippen molar-refractivity contribution in [2.45, 2.75) is 0 Å². The zero-order valence-electron chi connectivity index (χ0n) is 17.5. The summed E-state index contributed by atoms with van der Waals surface area (Å²) in [6, 6.07) is 9.64. The van der Waals surface area contributed by atoms with E-state index in [-0.39, 0.29) is 28.6 Å². The van der Waals surface area contributed by atoms with Crippen molar-refractivity contribution in [1.82, 2.24) is 14.7 Å². The number of anilines is 1. The molecule has 0 radical (unpaired) electrons. The third-order valence-electron chi connectivity index (χ3n) is 5.29.